The van der Waals surface area contributed by atoms with E-state index in [0.717, 1.165) is 4.73 Å². The predicted molar refractivity (Wildman–Crippen MR) is 65.5 cm³/mol. The fourth-order valence-corrected chi connectivity index (χ4v) is 1.88. The van der Waals surface area contributed by atoms with Gasteiger partial charge in [0.25, 0.3) is 5.56 Å². The first-order valence-electron chi connectivity index (χ1n) is 4.69. The monoisotopic (exact) mass is 271 g/mol. The van der Waals surface area contributed by atoms with Crippen LogP contribution in [0.15, 0.2) is 29.1 Å². The minimum absolute atomic E-state index is 0.282. The number of fused-ring (bicyclic) bond motifs is 1. The molecule has 17 heavy (non-hydrogen) atoms. The number of halogens is 2. The molecule has 0 spiro atoms. The maximum Gasteiger partial charge on any atom is 0.330 e. The number of rotatable bonds is 1. The van der Waals surface area contributed by atoms with Crippen LogP contribution in [0.25, 0.3) is 10.9 Å². The molecule has 0 radical (unpaired) electrons. The van der Waals surface area contributed by atoms with Crippen LogP contribution in [0.3, 0.4) is 0 Å². The lowest BCUT2D eigenvalue weighted by atomic mass is 10.2. The van der Waals surface area contributed by atoms with Crippen molar-refractivity contribution in [2.45, 2.75) is 6.92 Å². The molecule has 0 bridgehead atoms. The smallest absolute Gasteiger partial charge is 0.330 e. The number of carbonyl (C=O) groups is 1. The van der Waals surface area contributed by atoms with Gasteiger partial charge >= 0.3 is 5.97 Å². The molecule has 0 saturated carbocycles. The van der Waals surface area contributed by atoms with Gasteiger partial charge in [0.2, 0.25) is 0 Å². The van der Waals surface area contributed by atoms with Gasteiger partial charge in [0.05, 0.1) is 10.5 Å². The summed E-state index contributed by atoms with van der Waals surface area (Å²) in [5.74, 6) is -0.601. The van der Waals surface area contributed by atoms with Crippen LogP contribution in [0.1, 0.15) is 6.92 Å². The predicted octanol–water partition coefficient (Wildman–Crippen LogP) is 2.28. The van der Waals surface area contributed by atoms with E-state index in [2.05, 4.69) is 0 Å². The van der Waals surface area contributed by atoms with Crippen molar-refractivity contribution in [1.82, 2.24) is 4.73 Å². The molecule has 0 aliphatic carbocycles. The summed E-state index contributed by atoms with van der Waals surface area (Å²) in [6.45, 7) is 1.21. The van der Waals surface area contributed by atoms with Gasteiger partial charge in [-0.3, -0.25) is 4.79 Å². The van der Waals surface area contributed by atoms with Crippen molar-refractivity contribution >= 4 is 40.1 Å². The van der Waals surface area contributed by atoms with Gasteiger partial charge in [-0.25, -0.2) is 4.79 Å². The Bertz CT molecular complexity index is 664. The van der Waals surface area contributed by atoms with E-state index in [1.807, 2.05) is 0 Å². The molecule has 0 N–H and O–H groups in total. The number of pyridine rings is 1. The molecule has 0 atom stereocenters. The normalized spacial score (nSPS) is 10.5. The van der Waals surface area contributed by atoms with Gasteiger partial charge in [-0.1, -0.05) is 23.2 Å². The molecule has 1 aromatic heterocycles. The first-order valence-corrected chi connectivity index (χ1v) is 5.44. The highest BCUT2D eigenvalue weighted by Gasteiger charge is 2.10. The maximum absolute atomic E-state index is 11.7. The summed E-state index contributed by atoms with van der Waals surface area (Å²) in [6.07, 6.45) is 0. The summed E-state index contributed by atoms with van der Waals surface area (Å²) in [5.41, 5.74) is -0.176. The van der Waals surface area contributed by atoms with Gasteiger partial charge in [0.15, 0.2) is 0 Å². The quantitative estimate of drug-likeness (QED) is 0.800. The summed E-state index contributed by atoms with van der Waals surface area (Å²) >= 11 is 11.8. The maximum atomic E-state index is 11.7. The lowest BCUT2D eigenvalue weighted by Gasteiger charge is -2.09. The molecule has 6 heteroatoms. The molecule has 2 aromatic rings. The Morgan fingerprint density at radius 3 is 2.65 bits per heavy atom. The number of nitrogens with zero attached hydrogens (tertiary/aromatic N) is 1. The minimum Gasteiger partial charge on any atom is -0.333 e. The Labute approximate surface area is 106 Å². The van der Waals surface area contributed by atoms with Gasteiger partial charge in [0, 0.05) is 23.4 Å². The van der Waals surface area contributed by atoms with E-state index in [9.17, 15) is 9.59 Å². The Morgan fingerprint density at radius 2 is 2.00 bits per heavy atom. The highest BCUT2D eigenvalue weighted by molar-refractivity contribution is 6.36. The van der Waals surface area contributed by atoms with Crippen molar-refractivity contribution in [2.24, 2.45) is 0 Å². The van der Waals surface area contributed by atoms with E-state index in [1.54, 1.807) is 12.1 Å². The first kappa shape index (κ1) is 12.0. The third-order valence-electron chi connectivity index (χ3n) is 2.11. The third kappa shape index (κ3) is 2.28. The highest BCUT2D eigenvalue weighted by atomic mass is 35.5. The van der Waals surface area contributed by atoms with Gasteiger partial charge < -0.3 is 4.84 Å². The van der Waals surface area contributed by atoms with Gasteiger partial charge in [-0.15, -0.1) is 4.73 Å². The van der Waals surface area contributed by atoms with Crippen molar-refractivity contribution in [3.8, 4) is 0 Å². The fraction of sp³-hybridized carbons (Fsp3) is 0.0909. The summed E-state index contributed by atoms with van der Waals surface area (Å²) in [4.78, 5) is 27.4. The zero-order valence-corrected chi connectivity index (χ0v) is 10.2. The summed E-state index contributed by atoms with van der Waals surface area (Å²) in [7, 11) is 0. The number of hydrogen-bond donors (Lipinski definition) is 0. The lowest BCUT2D eigenvalue weighted by Crippen LogP contribution is -2.29. The average molecular weight is 272 g/mol. The first-order chi connectivity index (χ1) is 7.99. The zero-order chi connectivity index (χ0) is 12.6. The van der Waals surface area contributed by atoms with Crippen LogP contribution in [0, 0.1) is 0 Å². The summed E-state index contributed by atoms with van der Waals surface area (Å²) < 4.78 is 0.870. The van der Waals surface area contributed by atoms with Crippen LogP contribution in [-0.4, -0.2) is 10.7 Å². The van der Waals surface area contributed by atoms with Crippen LogP contribution in [0.5, 0.6) is 0 Å². The van der Waals surface area contributed by atoms with Crippen LogP contribution >= 0.6 is 23.2 Å². The van der Waals surface area contributed by atoms with Crippen LogP contribution < -0.4 is 10.4 Å². The van der Waals surface area contributed by atoms with Gasteiger partial charge in [0.1, 0.15) is 0 Å². The van der Waals surface area contributed by atoms with Crippen molar-refractivity contribution in [3.05, 3.63) is 44.7 Å². The third-order valence-corrected chi connectivity index (χ3v) is 2.65. The van der Waals surface area contributed by atoms with Crippen LogP contribution in [0.4, 0.5) is 0 Å². The van der Waals surface area contributed by atoms with E-state index in [4.69, 9.17) is 28.0 Å². The highest BCUT2D eigenvalue weighted by Crippen LogP contribution is 2.23. The lowest BCUT2D eigenvalue weighted by molar-refractivity contribution is -0.141. The standard InChI is InChI=1S/C11H7Cl2NO3/c1-6(15)17-14-10-4-7(12)2-3-8(10)9(13)5-11(14)16/h2-5H,1H3. The van der Waals surface area contributed by atoms with E-state index in [0.29, 0.717) is 15.9 Å². The van der Waals surface area contributed by atoms with E-state index >= 15 is 0 Å². The molecule has 0 aliphatic rings. The molecule has 0 fully saturated rings. The SMILES string of the molecule is CC(=O)On1c(=O)cc(Cl)c2ccc(Cl)cc21. The van der Waals surface area contributed by atoms with Crippen molar-refractivity contribution in [3.63, 3.8) is 0 Å². The molecule has 88 valence electrons. The molecule has 0 unspecified atom stereocenters. The summed E-state index contributed by atoms with van der Waals surface area (Å²) in [6, 6.07) is 5.98. The fourth-order valence-electron chi connectivity index (χ4n) is 1.46. The molecule has 0 aliphatic heterocycles. The topological polar surface area (TPSA) is 48.3 Å². The van der Waals surface area contributed by atoms with Crippen molar-refractivity contribution < 1.29 is 9.63 Å². The average Bonchev–Trinajstić information content (AvgIpc) is 2.23. The Morgan fingerprint density at radius 1 is 1.29 bits per heavy atom. The number of carbonyl (C=O) groups excluding carboxylic acids is 1. The van der Waals surface area contributed by atoms with Gasteiger partial charge in [-0.2, -0.15) is 0 Å². The zero-order valence-electron chi connectivity index (χ0n) is 8.74. The van der Waals surface area contributed by atoms with E-state index < -0.39 is 11.5 Å². The molecular weight excluding hydrogens is 265 g/mol. The number of hydrogen-bond acceptors (Lipinski definition) is 3. The second-order valence-corrected chi connectivity index (χ2v) is 4.21. The van der Waals surface area contributed by atoms with E-state index in [-0.39, 0.29) is 5.02 Å². The number of aromatic nitrogens is 1. The molecule has 0 amide bonds. The molecule has 4 nitrogen and oxygen atoms in total. The van der Waals surface area contributed by atoms with Gasteiger partial charge in [-0.05, 0) is 18.2 Å². The molecule has 0 saturated heterocycles. The Balaban J connectivity index is 2.85. The molecular formula is C11H7Cl2NO3. The largest absolute Gasteiger partial charge is 0.333 e. The second kappa shape index (κ2) is 4.39. The summed E-state index contributed by atoms with van der Waals surface area (Å²) in [5, 5.41) is 1.28. The molecule has 1 heterocycles. The van der Waals surface area contributed by atoms with Crippen molar-refractivity contribution in [2.75, 3.05) is 0 Å². The van der Waals surface area contributed by atoms with Crippen LogP contribution in [-0.2, 0) is 4.79 Å². The Hall–Kier alpha value is -1.52. The Kier molecular flexibility index (Phi) is 3.09. The van der Waals surface area contributed by atoms with Crippen molar-refractivity contribution in [1.29, 1.82) is 0 Å². The van der Waals surface area contributed by atoms with E-state index in [1.165, 1.54) is 19.1 Å². The van der Waals surface area contributed by atoms with Crippen LogP contribution in [0.2, 0.25) is 10.0 Å². The molecule has 1 aromatic carbocycles. The minimum atomic E-state index is -0.601. The number of benzene rings is 1. The second-order valence-electron chi connectivity index (χ2n) is 3.37. The molecule has 2 rings (SSSR count).